The number of ketones is 3. The number of phenolic OH excluding ortho intramolecular Hbond substituents is 1. The number of allylic oxidation sites excluding steroid dienone is 2. The molecule has 0 heterocycles. The molecule has 4 atom stereocenters. The molecule has 7 heteroatoms. The zero-order valence-electron chi connectivity index (χ0n) is 25.1. The zero-order valence-corrected chi connectivity index (χ0v) is 25.1. The maximum atomic E-state index is 14.3. The topological polar surface area (TPSA) is 132 Å². The van der Waals surface area contributed by atoms with E-state index in [9.17, 15) is 34.8 Å². The summed E-state index contributed by atoms with van der Waals surface area (Å²) in [6.45, 7) is 14.5. The molecule has 0 saturated carbocycles. The van der Waals surface area contributed by atoms with Crippen LogP contribution in [0.2, 0.25) is 0 Å². The molecule has 3 aliphatic carbocycles. The Hall–Kier alpha value is -2.93. The number of fused-ring (bicyclic) bond motifs is 3. The molecule has 0 spiro atoms. The molecule has 1 aromatic rings. The third-order valence-corrected chi connectivity index (χ3v) is 9.79. The molecular formula is C33H44O7. The predicted molar refractivity (Wildman–Crippen MR) is 153 cm³/mol. The van der Waals surface area contributed by atoms with Crippen LogP contribution in [0, 0.1) is 22.7 Å². The Morgan fingerprint density at radius 1 is 1.07 bits per heavy atom. The van der Waals surface area contributed by atoms with Crippen molar-refractivity contribution in [2.75, 3.05) is 0 Å². The minimum atomic E-state index is -2.59. The molecule has 4 rings (SSSR count). The molecule has 0 fully saturated rings. The monoisotopic (exact) mass is 552 g/mol. The molecule has 1 aromatic carbocycles. The van der Waals surface area contributed by atoms with Crippen LogP contribution in [0.15, 0.2) is 28.7 Å². The van der Waals surface area contributed by atoms with E-state index in [4.69, 9.17) is 0 Å². The maximum Gasteiger partial charge on any atom is 0.209 e. The Balaban J connectivity index is 2.03. The van der Waals surface area contributed by atoms with Crippen LogP contribution < -0.4 is 0 Å². The number of aliphatic hydroxyl groups excluding tert-OH is 2. The first kappa shape index (κ1) is 30.0. The minimum absolute atomic E-state index is 0.0654. The molecule has 0 saturated heterocycles. The van der Waals surface area contributed by atoms with Gasteiger partial charge in [0.25, 0.3) is 0 Å². The summed E-state index contributed by atoms with van der Waals surface area (Å²) in [5, 5.41) is 46.7. The smallest absolute Gasteiger partial charge is 0.209 e. The summed E-state index contributed by atoms with van der Waals surface area (Å²) in [7, 11) is 0. The number of Topliss-reactive ketones (excluding diaryl/α,β-unsaturated/α-hetero) is 3. The van der Waals surface area contributed by atoms with Crippen molar-refractivity contribution in [2.45, 2.75) is 105 Å². The normalized spacial score (nSPS) is 30.1. The van der Waals surface area contributed by atoms with Gasteiger partial charge in [0.2, 0.25) is 5.78 Å². The number of benzene rings is 1. The lowest BCUT2D eigenvalue weighted by atomic mass is 9.44. The Morgan fingerprint density at radius 2 is 1.70 bits per heavy atom. The van der Waals surface area contributed by atoms with Crippen LogP contribution in [0.3, 0.4) is 0 Å². The van der Waals surface area contributed by atoms with Gasteiger partial charge in [-0.2, -0.15) is 0 Å². The molecule has 0 radical (unpaired) electrons. The molecule has 40 heavy (non-hydrogen) atoms. The first-order valence-corrected chi connectivity index (χ1v) is 14.6. The minimum Gasteiger partial charge on any atom is -0.511 e. The van der Waals surface area contributed by atoms with Gasteiger partial charge in [0.1, 0.15) is 22.8 Å². The number of aromatic hydroxyl groups is 1. The fourth-order valence-corrected chi connectivity index (χ4v) is 8.16. The van der Waals surface area contributed by atoms with Crippen LogP contribution in [0.25, 0.3) is 0 Å². The van der Waals surface area contributed by atoms with Crippen molar-refractivity contribution >= 4 is 17.3 Å². The highest BCUT2D eigenvalue weighted by Gasteiger charge is 2.71. The van der Waals surface area contributed by atoms with Crippen LogP contribution in [0.5, 0.6) is 5.75 Å². The van der Waals surface area contributed by atoms with Crippen molar-refractivity contribution in [3.63, 3.8) is 0 Å². The van der Waals surface area contributed by atoms with Crippen molar-refractivity contribution in [1.82, 2.24) is 0 Å². The summed E-state index contributed by atoms with van der Waals surface area (Å²) in [5.41, 5.74) is -3.18. The summed E-state index contributed by atoms with van der Waals surface area (Å²) in [5.74, 6) is -4.74. The first-order chi connectivity index (χ1) is 18.5. The molecule has 3 aliphatic rings. The van der Waals surface area contributed by atoms with Gasteiger partial charge >= 0.3 is 0 Å². The molecule has 7 nitrogen and oxygen atoms in total. The standard InChI is InChI=1S/C33H44O7/c1-9-10-11-12-19-13-20(16(2)3)21-14-31(7)15-32(8)24(17(4)5)27(36)22(18(6)34)29(38)33(32,40)30(39)25(31)28(37)23(21)26(19)35/h13,16-17,24,35-36,39-40H,9-12,14-15H2,1-8H3/t24?,31-,32-,33+/m1/s1. The molecule has 1 unspecified atom stereocenters. The van der Waals surface area contributed by atoms with Gasteiger partial charge in [-0.3, -0.25) is 14.4 Å². The number of hydrogen-bond donors (Lipinski definition) is 4. The average Bonchev–Trinajstić information content (AvgIpc) is 2.82. The number of carbonyl (C=O) groups is 3. The third-order valence-electron chi connectivity index (χ3n) is 9.79. The van der Waals surface area contributed by atoms with Crippen molar-refractivity contribution in [3.05, 3.63) is 51.0 Å². The second-order valence-corrected chi connectivity index (χ2v) is 13.4. The zero-order chi connectivity index (χ0) is 30.1. The summed E-state index contributed by atoms with van der Waals surface area (Å²) in [4.78, 5) is 40.7. The number of phenols is 1. The number of unbranched alkanes of at least 4 members (excludes halogenated alkanes) is 2. The molecule has 0 bridgehead atoms. The number of aliphatic hydroxyl groups is 3. The van der Waals surface area contributed by atoms with Gasteiger partial charge in [0.15, 0.2) is 17.2 Å². The predicted octanol–water partition coefficient (Wildman–Crippen LogP) is 6.20. The van der Waals surface area contributed by atoms with Crippen LogP contribution in [-0.4, -0.2) is 43.4 Å². The van der Waals surface area contributed by atoms with Crippen LogP contribution in [0.1, 0.15) is 114 Å². The maximum absolute atomic E-state index is 14.3. The fraction of sp³-hybridized carbons (Fsp3) is 0.606. The van der Waals surface area contributed by atoms with E-state index in [0.717, 1.165) is 37.3 Å². The molecule has 218 valence electrons. The van der Waals surface area contributed by atoms with Crippen LogP contribution in [-0.2, 0) is 22.4 Å². The number of carbonyl (C=O) groups excluding carboxylic acids is 3. The summed E-state index contributed by atoms with van der Waals surface area (Å²) >= 11 is 0. The van der Waals surface area contributed by atoms with Crippen molar-refractivity contribution in [3.8, 4) is 5.75 Å². The third kappa shape index (κ3) is 3.91. The molecule has 0 aliphatic heterocycles. The molecular weight excluding hydrogens is 508 g/mol. The van der Waals surface area contributed by atoms with E-state index in [-0.39, 0.29) is 40.9 Å². The highest BCUT2D eigenvalue weighted by molar-refractivity contribution is 6.25. The van der Waals surface area contributed by atoms with E-state index in [1.807, 2.05) is 40.7 Å². The lowest BCUT2D eigenvalue weighted by Gasteiger charge is -2.59. The van der Waals surface area contributed by atoms with Crippen molar-refractivity contribution < 1.29 is 34.8 Å². The lowest BCUT2D eigenvalue weighted by molar-refractivity contribution is -0.171. The van der Waals surface area contributed by atoms with E-state index < -0.39 is 51.0 Å². The quantitative estimate of drug-likeness (QED) is 0.234. The van der Waals surface area contributed by atoms with E-state index in [2.05, 4.69) is 6.92 Å². The molecule has 0 amide bonds. The van der Waals surface area contributed by atoms with Crippen LogP contribution >= 0.6 is 0 Å². The van der Waals surface area contributed by atoms with Gasteiger partial charge in [0, 0.05) is 22.3 Å². The lowest BCUT2D eigenvalue weighted by Crippen LogP contribution is -2.67. The first-order valence-electron chi connectivity index (χ1n) is 14.6. The summed E-state index contributed by atoms with van der Waals surface area (Å²) in [6.07, 6.45) is 3.85. The Morgan fingerprint density at radius 3 is 2.23 bits per heavy atom. The van der Waals surface area contributed by atoms with Gasteiger partial charge in [-0.15, -0.1) is 0 Å². The van der Waals surface area contributed by atoms with Gasteiger partial charge in [0.05, 0.1) is 5.56 Å². The van der Waals surface area contributed by atoms with E-state index in [1.54, 1.807) is 6.92 Å². The fourth-order valence-electron chi connectivity index (χ4n) is 8.16. The second kappa shape index (κ2) is 9.86. The average molecular weight is 553 g/mol. The Labute approximate surface area is 237 Å². The number of rotatable bonds is 7. The van der Waals surface area contributed by atoms with Crippen molar-refractivity contribution in [2.24, 2.45) is 22.7 Å². The van der Waals surface area contributed by atoms with Gasteiger partial charge in [-0.1, -0.05) is 67.4 Å². The molecule has 0 aromatic heterocycles. The Kier molecular flexibility index (Phi) is 7.41. The highest BCUT2D eigenvalue weighted by Crippen LogP contribution is 2.65. The van der Waals surface area contributed by atoms with Gasteiger partial charge in [-0.05, 0) is 61.1 Å². The molecule has 4 N–H and O–H groups in total. The number of hydrogen-bond acceptors (Lipinski definition) is 7. The highest BCUT2D eigenvalue weighted by atomic mass is 16.3. The SMILES string of the molecule is CCCCCc1cc(C(C)C)c2c(c1O)C(=O)C1=C(O)[C@@]3(O)C(=O)C(C(C)=O)=C(O)C(C(C)C)[C@@]3(C)C[C@@]1(C)C2. The Bertz CT molecular complexity index is 1360. The number of aryl methyl sites for hydroxylation is 1. The van der Waals surface area contributed by atoms with E-state index in [1.165, 1.54) is 0 Å². The van der Waals surface area contributed by atoms with Crippen molar-refractivity contribution in [1.29, 1.82) is 0 Å². The van der Waals surface area contributed by atoms with E-state index in [0.29, 0.717) is 18.4 Å². The summed E-state index contributed by atoms with van der Waals surface area (Å²) < 4.78 is 0. The summed E-state index contributed by atoms with van der Waals surface area (Å²) in [6, 6.07) is 2.00. The van der Waals surface area contributed by atoms with Gasteiger partial charge in [-0.25, -0.2) is 0 Å². The van der Waals surface area contributed by atoms with Gasteiger partial charge < -0.3 is 20.4 Å². The van der Waals surface area contributed by atoms with E-state index >= 15 is 0 Å². The second-order valence-electron chi connectivity index (χ2n) is 13.4. The largest absolute Gasteiger partial charge is 0.511 e. The van der Waals surface area contributed by atoms with Crippen LogP contribution in [0.4, 0.5) is 0 Å².